The standard InChI is InChI=1S/C2H3ClO2.C2H6O/c3-1-2(4)5;1-3-2/h1H2,(H,4,5);1-2H3. The number of aliphatic carboxylic acids is 1. The van der Waals surface area contributed by atoms with Crippen molar-refractivity contribution in [3.63, 3.8) is 0 Å². The van der Waals surface area contributed by atoms with E-state index in [2.05, 4.69) is 4.74 Å². The molecule has 0 bridgehead atoms. The molecule has 50 valence electrons. The number of methoxy groups -OCH3 is 1. The van der Waals surface area contributed by atoms with Crippen LogP contribution in [0, 0.1) is 0 Å². The highest BCUT2D eigenvalue weighted by Crippen LogP contribution is 1.67. The summed E-state index contributed by atoms with van der Waals surface area (Å²) in [5, 5.41) is 7.59. The van der Waals surface area contributed by atoms with Gasteiger partial charge in [0.15, 0.2) is 0 Å². The third-order valence-electron chi connectivity index (χ3n) is 0.114. The Morgan fingerprint density at radius 1 is 1.75 bits per heavy atom. The Morgan fingerprint density at radius 2 is 1.88 bits per heavy atom. The summed E-state index contributed by atoms with van der Waals surface area (Å²) in [7, 11) is 3.25. The van der Waals surface area contributed by atoms with Gasteiger partial charge in [0.05, 0.1) is 0 Å². The SMILES string of the molecule is COC.O=C(O)CCl. The van der Waals surface area contributed by atoms with Crippen molar-refractivity contribution < 1.29 is 14.6 Å². The lowest BCUT2D eigenvalue weighted by Gasteiger charge is -1.69. The monoisotopic (exact) mass is 140 g/mol. The highest BCUT2D eigenvalue weighted by molar-refractivity contribution is 6.26. The summed E-state index contributed by atoms with van der Waals surface area (Å²) in [6.45, 7) is 0. The van der Waals surface area contributed by atoms with Gasteiger partial charge in [-0.1, -0.05) is 0 Å². The van der Waals surface area contributed by atoms with Gasteiger partial charge in [-0.15, -0.1) is 11.6 Å². The number of alkyl halides is 1. The first kappa shape index (κ1) is 10.7. The van der Waals surface area contributed by atoms with Crippen LogP contribution in [0.4, 0.5) is 0 Å². The molecule has 0 saturated heterocycles. The van der Waals surface area contributed by atoms with Gasteiger partial charge >= 0.3 is 5.97 Å². The van der Waals surface area contributed by atoms with Crippen molar-refractivity contribution in [1.82, 2.24) is 0 Å². The number of carboxylic acids is 1. The van der Waals surface area contributed by atoms with E-state index < -0.39 is 5.97 Å². The summed E-state index contributed by atoms with van der Waals surface area (Å²) in [5.74, 6) is -1.29. The fourth-order valence-corrected chi connectivity index (χ4v) is 0. The highest BCUT2D eigenvalue weighted by atomic mass is 35.5. The maximum Gasteiger partial charge on any atom is 0.318 e. The molecule has 8 heavy (non-hydrogen) atoms. The molecule has 0 aromatic carbocycles. The number of hydrogen-bond acceptors (Lipinski definition) is 2. The Kier molecular flexibility index (Phi) is 13.1. The Morgan fingerprint density at radius 3 is 1.88 bits per heavy atom. The number of hydrogen-bond donors (Lipinski definition) is 1. The van der Waals surface area contributed by atoms with E-state index in [1.54, 1.807) is 14.2 Å². The van der Waals surface area contributed by atoms with E-state index in [0.717, 1.165) is 0 Å². The van der Waals surface area contributed by atoms with E-state index in [1.165, 1.54) is 0 Å². The molecular formula is C4H9ClO3. The molecule has 0 saturated carbocycles. The summed E-state index contributed by atoms with van der Waals surface area (Å²) in [4.78, 5) is 9.24. The van der Waals surface area contributed by atoms with Crippen molar-refractivity contribution in [2.75, 3.05) is 20.1 Å². The van der Waals surface area contributed by atoms with E-state index in [4.69, 9.17) is 16.7 Å². The highest BCUT2D eigenvalue weighted by Gasteiger charge is 1.83. The minimum atomic E-state index is -0.980. The van der Waals surface area contributed by atoms with Gasteiger partial charge in [0.2, 0.25) is 0 Å². The van der Waals surface area contributed by atoms with Crippen molar-refractivity contribution in [3.05, 3.63) is 0 Å². The molecule has 0 spiro atoms. The molecule has 0 radical (unpaired) electrons. The van der Waals surface area contributed by atoms with E-state index in [-0.39, 0.29) is 5.88 Å². The number of carboxylic acid groups (broad SMARTS) is 1. The van der Waals surface area contributed by atoms with Crippen LogP contribution in [0.15, 0.2) is 0 Å². The fourth-order valence-electron chi connectivity index (χ4n) is 0. The van der Waals surface area contributed by atoms with Crippen molar-refractivity contribution in [2.45, 2.75) is 0 Å². The molecule has 0 heterocycles. The summed E-state index contributed by atoms with van der Waals surface area (Å²) in [5.41, 5.74) is 0. The zero-order valence-corrected chi connectivity index (χ0v) is 5.60. The van der Waals surface area contributed by atoms with E-state index in [9.17, 15) is 4.79 Å². The molecule has 0 unspecified atom stereocenters. The van der Waals surface area contributed by atoms with E-state index >= 15 is 0 Å². The quantitative estimate of drug-likeness (QED) is 0.542. The molecule has 0 rings (SSSR count). The Bertz CT molecular complexity index is 55.2. The first-order valence-corrected chi connectivity index (χ1v) is 2.40. The Labute approximate surface area is 53.2 Å². The van der Waals surface area contributed by atoms with Gasteiger partial charge in [-0.05, 0) is 0 Å². The third-order valence-corrected chi connectivity index (χ3v) is 0.343. The molecule has 0 aliphatic carbocycles. The van der Waals surface area contributed by atoms with Crippen LogP contribution in [0.1, 0.15) is 0 Å². The first-order chi connectivity index (χ1) is 3.68. The smallest absolute Gasteiger partial charge is 0.318 e. The van der Waals surface area contributed by atoms with Crippen LogP contribution >= 0.6 is 11.6 Å². The lowest BCUT2D eigenvalue weighted by molar-refractivity contribution is -0.134. The van der Waals surface area contributed by atoms with Crippen LogP contribution < -0.4 is 0 Å². The third kappa shape index (κ3) is 43.1. The average Bonchev–Trinajstić information content (AvgIpc) is 1.69. The first-order valence-electron chi connectivity index (χ1n) is 1.87. The molecule has 4 heteroatoms. The van der Waals surface area contributed by atoms with Crippen LogP contribution in [0.25, 0.3) is 0 Å². The van der Waals surface area contributed by atoms with E-state index in [1.807, 2.05) is 0 Å². The largest absolute Gasteiger partial charge is 0.480 e. The van der Waals surface area contributed by atoms with Gasteiger partial charge in [-0.25, -0.2) is 0 Å². The summed E-state index contributed by atoms with van der Waals surface area (Å²) >= 11 is 4.74. The van der Waals surface area contributed by atoms with Crippen molar-refractivity contribution in [3.8, 4) is 0 Å². The molecule has 1 N–H and O–H groups in total. The topological polar surface area (TPSA) is 46.5 Å². The van der Waals surface area contributed by atoms with Crippen molar-refractivity contribution in [2.24, 2.45) is 0 Å². The zero-order valence-electron chi connectivity index (χ0n) is 4.85. The second kappa shape index (κ2) is 9.87. The molecule has 3 nitrogen and oxygen atoms in total. The Hall–Kier alpha value is -0.280. The number of carbonyl (C=O) groups is 1. The maximum absolute atomic E-state index is 9.24. The van der Waals surface area contributed by atoms with Gasteiger partial charge in [0.25, 0.3) is 0 Å². The molecule has 0 aliphatic heterocycles. The molecular weight excluding hydrogens is 131 g/mol. The normalized spacial score (nSPS) is 6.88. The molecule has 0 aromatic rings. The molecule has 0 aromatic heterocycles. The van der Waals surface area contributed by atoms with Crippen LogP contribution in [0.2, 0.25) is 0 Å². The second-order valence-corrected chi connectivity index (χ2v) is 1.20. The molecule has 0 atom stereocenters. The van der Waals surface area contributed by atoms with Gasteiger partial charge < -0.3 is 9.84 Å². The number of ether oxygens (including phenoxy) is 1. The van der Waals surface area contributed by atoms with Gasteiger partial charge in [0, 0.05) is 14.2 Å². The Balaban J connectivity index is 0. The van der Waals surface area contributed by atoms with Crippen molar-refractivity contribution in [1.29, 1.82) is 0 Å². The maximum atomic E-state index is 9.24. The molecule has 0 amide bonds. The average molecular weight is 141 g/mol. The summed E-state index contributed by atoms with van der Waals surface area (Å²) < 4.78 is 4.25. The molecule has 0 aliphatic rings. The lowest BCUT2D eigenvalue weighted by atomic mass is 10.8. The van der Waals surface area contributed by atoms with Crippen LogP contribution in [-0.2, 0) is 9.53 Å². The summed E-state index contributed by atoms with van der Waals surface area (Å²) in [6, 6.07) is 0. The molecule has 0 fully saturated rings. The van der Waals surface area contributed by atoms with Crippen LogP contribution in [0.5, 0.6) is 0 Å². The van der Waals surface area contributed by atoms with Crippen LogP contribution in [0.3, 0.4) is 0 Å². The minimum Gasteiger partial charge on any atom is -0.480 e. The summed E-state index contributed by atoms with van der Waals surface area (Å²) in [6.07, 6.45) is 0. The van der Waals surface area contributed by atoms with E-state index in [0.29, 0.717) is 0 Å². The lowest BCUT2D eigenvalue weighted by Crippen LogP contribution is -1.92. The van der Waals surface area contributed by atoms with Crippen LogP contribution in [-0.4, -0.2) is 31.2 Å². The second-order valence-electron chi connectivity index (χ2n) is 0.936. The fraction of sp³-hybridized carbons (Fsp3) is 0.750. The van der Waals surface area contributed by atoms with Crippen molar-refractivity contribution >= 4 is 17.6 Å². The predicted molar refractivity (Wildman–Crippen MR) is 31.3 cm³/mol. The van der Waals surface area contributed by atoms with Gasteiger partial charge in [0.1, 0.15) is 5.88 Å². The minimum absolute atomic E-state index is 0.306. The number of rotatable bonds is 1. The predicted octanol–water partition coefficient (Wildman–Crippen LogP) is 0.572. The van der Waals surface area contributed by atoms with Gasteiger partial charge in [-0.3, -0.25) is 4.79 Å². The number of halogens is 1. The van der Waals surface area contributed by atoms with Gasteiger partial charge in [-0.2, -0.15) is 0 Å². The zero-order chi connectivity index (χ0) is 6.99.